The monoisotopic (exact) mass is 545 g/mol. The van der Waals surface area contributed by atoms with E-state index in [1.54, 1.807) is 24.3 Å². The molecule has 2 aromatic rings. The number of alkyl halides is 6. The summed E-state index contributed by atoms with van der Waals surface area (Å²) < 4.78 is 90.4. The molecule has 206 valence electrons. The summed E-state index contributed by atoms with van der Waals surface area (Å²) in [6.07, 6.45) is -11.2. The predicted octanol–water partition coefficient (Wildman–Crippen LogP) is 4.38. The molecule has 1 aliphatic heterocycles. The molecule has 1 heterocycles. The maximum absolute atomic E-state index is 13.1. The number of halogens is 6. The lowest BCUT2D eigenvalue weighted by atomic mass is 9.78. The van der Waals surface area contributed by atoms with E-state index < -0.39 is 71.7 Å². The van der Waals surface area contributed by atoms with Crippen molar-refractivity contribution in [2.45, 2.75) is 70.1 Å². The van der Waals surface area contributed by atoms with Gasteiger partial charge in [-0.2, -0.15) is 26.3 Å². The van der Waals surface area contributed by atoms with Crippen LogP contribution < -0.4 is 10.8 Å². The van der Waals surface area contributed by atoms with Crippen molar-refractivity contribution >= 4 is 24.5 Å². The van der Waals surface area contributed by atoms with E-state index in [0.717, 1.165) is 0 Å². The third-order valence-electron chi connectivity index (χ3n) is 6.59. The van der Waals surface area contributed by atoms with Gasteiger partial charge in [0.1, 0.15) is 6.04 Å². The molecule has 0 aromatic heterocycles. The fourth-order valence-corrected chi connectivity index (χ4v) is 3.78. The van der Waals surface area contributed by atoms with E-state index in [9.17, 15) is 41.0 Å². The minimum atomic E-state index is -5.07. The van der Waals surface area contributed by atoms with Crippen LogP contribution in [0.2, 0.25) is 0 Å². The second-order valence-corrected chi connectivity index (χ2v) is 10.1. The highest BCUT2D eigenvalue weighted by atomic mass is 19.4. The average Bonchev–Trinajstić information content (AvgIpc) is 2.99. The van der Waals surface area contributed by atoms with Gasteiger partial charge < -0.3 is 19.7 Å². The van der Waals surface area contributed by atoms with Gasteiger partial charge in [0.25, 0.3) is 0 Å². The molecule has 0 aliphatic carbocycles. The molecular formula is C25H26BF6NO5. The summed E-state index contributed by atoms with van der Waals surface area (Å²) in [6.45, 7) is 7.57. The highest BCUT2D eigenvalue weighted by molar-refractivity contribution is 6.62. The van der Waals surface area contributed by atoms with Gasteiger partial charge in [-0.3, -0.25) is 4.79 Å². The Balaban J connectivity index is 1.71. The molecule has 1 atom stereocenters. The predicted molar refractivity (Wildman–Crippen MR) is 126 cm³/mol. The Morgan fingerprint density at radius 2 is 1.34 bits per heavy atom. The van der Waals surface area contributed by atoms with Crippen LogP contribution in [0, 0.1) is 0 Å². The lowest BCUT2D eigenvalue weighted by Crippen LogP contribution is -2.43. The Bertz CT molecular complexity index is 1150. The van der Waals surface area contributed by atoms with Gasteiger partial charge in [0.15, 0.2) is 0 Å². The summed E-state index contributed by atoms with van der Waals surface area (Å²) in [5.74, 6) is -2.47. The molecule has 1 fully saturated rings. The normalized spacial score (nSPS) is 17.8. The fourth-order valence-electron chi connectivity index (χ4n) is 3.78. The average molecular weight is 545 g/mol. The van der Waals surface area contributed by atoms with Crippen molar-refractivity contribution in [3.05, 3.63) is 64.7 Å². The number of carbonyl (C=O) groups is 2. The van der Waals surface area contributed by atoms with Crippen LogP contribution in [-0.4, -0.2) is 41.3 Å². The third-order valence-corrected chi connectivity index (χ3v) is 6.59. The number of benzene rings is 2. The number of hydrogen-bond donors (Lipinski definition) is 2. The standard InChI is InChI=1S/C25H26BF6NO5/c1-22(2)23(3,4)38-26(37-22)18-7-5-14(6-8-18)11-19(21(35)36)33-20(34)12-15-9-16(24(27,28)29)13-17(10-15)25(30,31)32/h5-10,13,19H,11-12H2,1-4H3,(H,33,34)(H,35,36)/t19-/m1/s1. The number of carboxylic acid groups (broad SMARTS) is 1. The Morgan fingerprint density at radius 1 is 0.868 bits per heavy atom. The van der Waals surface area contributed by atoms with E-state index in [-0.39, 0.29) is 12.5 Å². The van der Waals surface area contributed by atoms with Gasteiger partial charge in [-0.1, -0.05) is 24.3 Å². The molecule has 0 unspecified atom stereocenters. The number of rotatable bonds is 7. The maximum Gasteiger partial charge on any atom is 0.494 e. The largest absolute Gasteiger partial charge is 0.494 e. The van der Waals surface area contributed by atoms with E-state index in [1.165, 1.54) is 0 Å². The minimum Gasteiger partial charge on any atom is -0.480 e. The molecular weight excluding hydrogens is 519 g/mol. The Kier molecular flexibility index (Phi) is 7.96. The number of nitrogens with one attached hydrogen (secondary N) is 1. The number of amides is 1. The van der Waals surface area contributed by atoms with E-state index >= 15 is 0 Å². The van der Waals surface area contributed by atoms with Gasteiger partial charge in [0.2, 0.25) is 5.91 Å². The molecule has 6 nitrogen and oxygen atoms in total. The van der Waals surface area contributed by atoms with Crippen LogP contribution in [0.5, 0.6) is 0 Å². The minimum absolute atomic E-state index is 0.0469. The number of carbonyl (C=O) groups excluding carboxylic acids is 1. The van der Waals surface area contributed by atoms with Gasteiger partial charge in [-0.15, -0.1) is 0 Å². The summed E-state index contributed by atoms with van der Waals surface area (Å²) in [7, 11) is -0.641. The van der Waals surface area contributed by atoms with E-state index in [0.29, 0.717) is 23.2 Å². The highest BCUT2D eigenvalue weighted by Gasteiger charge is 2.51. The van der Waals surface area contributed by atoms with Crippen molar-refractivity contribution in [2.24, 2.45) is 0 Å². The van der Waals surface area contributed by atoms with Crippen LogP contribution in [0.4, 0.5) is 26.3 Å². The first-order chi connectivity index (χ1) is 17.3. The second kappa shape index (κ2) is 10.3. The van der Waals surface area contributed by atoms with Gasteiger partial charge in [-0.25, -0.2) is 4.79 Å². The highest BCUT2D eigenvalue weighted by Crippen LogP contribution is 2.37. The summed E-state index contributed by atoms with van der Waals surface area (Å²) in [5, 5.41) is 11.7. The van der Waals surface area contributed by atoms with Crippen molar-refractivity contribution in [1.29, 1.82) is 0 Å². The molecule has 0 spiro atoms. The Morgan fingerprint density at radius 3 is 1.76 bits per heavy atom. The van der Waals surface area contributed by atoms with Crippen molar-refractivity contribution in [3.8, 4) is 0 Å². The summed E-state index contributed by atoms with van der Waals surface area (Å²) >= 11 is 0. The molecule has 13 heteroatoms. The number of aliphatic carboxylic acids is 1. The number of hydrogen-bond acceptors (Lipinski definition) is 4. The fraction of sp³-hybridized carbons (Fsp3) is 0.440. The van der Waals surface area contributed by atoms with E-state index in [1.807, 2.05) is 27.7 Å². The number of carboxylic acids is 1. The first-order valence-corrected chi connectivity index (χ1v) is 11.5. The summed E-state index contributed by atoms with van der Waals surface area (Å²) in [6, 6.07) is 5.93. The van der Waals surface area contributed by atoms with Crippen molar-refractivity contribution in [3.63, 3.8) is 0 Å². The van der Waals surface area contributed by atoms with Crippen molar-refractivity contribution < 1.29 is 50.3 Å². The smallest absolute Gasteiger partial charge is 0.480 e. The maximum atomic E-state index is 13.1. The third kappa shape index (κ3) is 6.87. The zero-order chi connectivity index (χ0) is 28.7. The molecule has 0 saturated carbocycles. The van der Waals surface area contributed by atoms with Gasteiger partial charge in [0, 0.05) is 6.42 Å². The summed E-state index contributed by atoms with van der Waals surface area (Å²) in [5.41, 5.74) is -3.60. The zero-order valence-electron chi connectivity index (χ0n) is 21.0. The van der Waals surface area contributed by atoms with Crippen LogP contribution in [0.3, 0.4) is 0 Å². The lowest BCUT2D eigenvalue weighted by Gasteiger charge is -2.32. The SMILES string of the molecule is CC1(C)OB(c2ccc(C[C@@H](NC(=O)Cc3cc(C(F)(F)F)cc(C(F)(F)F)c3)C(=O)O)cc2)OC1(C)C. The Hall–Kier alpha value is -3.06. The summed E-state index contributed by atoms with van der Waals surface area (Å²) in [4.78, 5) is 24.1. The van der Waals surface area contributed by atoms with Crippen LogP contribution in [0.1, 0.15) is 49.9 Å². The van der Waals surface area contributed by atoms with Crippen molar-refractivity contribution in [1.82, 2.24) is 5.32 Å². The second-order valence-electron chi connectivity index (χ2n) is 10.1. The van der Waals surface area contributed by atoms with Crippen LogP contribution in [0.25, 0.3) is 0 Å². The molecule has 1 aliphatic rings. The first kappa shape index (κ1) is 29.5. The molecule has 2 N–H and O–H groups in total. The van der Waals surface area contributed by atoms with Crippen molar-refractivity contribution in [2.75, 3.05) is 0 Å². The zero-order valence-corrected chi connectivity index (χ0v) is 21.0. The van der Waals surface area contributed by atoms with Gasteiger partial charge >= 0.3 is 25.4 Å². The van der Waals surface area contributed by atoms with E-state index in [2.05, 4.69) is 5.32 Å². The Labute approximate surface area is 215 Å². The van der Waals surface area contributed by atoms with Gasteiger partial charge in [-0.05, 0) is 62.5 Å². The van der Waals surface area contributed by atoms with Crippen LogP contribution in [-0.2, 0) is 44.1 Å². The molecule has 1 amide bonds. The quantitative estimate of drug-likeness (QED) is 0.399. The molecule has 3 rings (SSSR count). The first-order valence-electron chi connectivity index (χ1n) is 11.5. The van der Waals surface area contributed by atoms with E-state index in [4.69, 9.17) is 9.31 Å². The molecule has 0 radical (unpaired) electrons. The topological polar surface area (TPSA) is 84.9 Å². The van der Waals surface area contributed by atoms with Gasteiger partial charge in [0.05, 0.1) is 28.7 Å². The van der Waals surface area contributed by atoms with Crippen LogP contribution in [0.15, 0.2) is 42.5 Å². The molecule has 1 saturated heterocycles. The molecule has 38 heavy (non-hydrogen) atoms. The molecule has 0 bridgehead atoms. The lowest BCUT2D eigenvalue weighted by molar-refractivity contribution is -0.143. The molecule has 2 aromatic carbocycles. The van der Waals surface area contributed by atoms with Crippen LogP contribution >= 0.6 is 0 Å².